The molecule has 1 aromatic carbocycles. The number of halogens is 1. The number of benzene rings is 1. The van der Waals surface area contributed by atoms with E-state index in [2.05, 4.69) is 15.9 Å². The number of hydrogen-bond acceptors (Lipinski definition) is 4. The highest BCUT2D eigenvalue weighted by Gasteiger charge is 2.21. The van der Waals surface area contributed by atoms with Crippen LogP contribution in [-0.2, 0) is 9.53 Å². The van der Waals surface area contributed by atoms with Crippen LogP contribution in [0.25, 0.3) is 0 Å². The van der Waals surface area contributed by atoms with Crippen molar-refractivity contribution in [3.63, 3.8) is 0 Å². The Kier molecular flexibility index (Phi) is 6.51. The SMILES string of the molecule is CCCN(CC(=O)OCC)C(=O)c1ccc(Br)cc1O. The summed E-state index contributed by atoms with van der Waals surface area (Å²) in [6.07, 6.45) is 0.711. The van der Waals surface area contributed by atoms with E-state index in [0.717, 1.165) is 0 Å². The van der Waals surface area contributed by atoms with Crippen LogP contribution in [0.4, 0.5) is 0 Å². The Hall–Kier alpha value is -1.56. The summed E-state index contributed by atoms with van der Waals surface area (Å²) in [5.74, 6) is -0.954. The van der Waals surface area contributed by atoms with Gasteiger partial charge in [0, 0.05) is 11.0 Å². The fourth-order valence-electron chi connectivity index (χ4n) is 1.74. The normalized spacial score (nSPS) is 10.2. The lowest BCUT2D eigenvalue weighted by atomic mass is 10.1. The maximum atomic E-state index is 12.3. The van der Waals surface area contributed by atoms with Crippen molar-refractivity contribution >= 4 is 27.8 Å². The molecule has 0 heterocycles. The van der Waals surface area contributed by atoms with Gasteiger partial charge in [-0.3, -0.25) is 9.59 Å². The number of ether oxygens (including phenoxy) is 1. The topological polar surface area (TPSA) is 66.8 Å². The summed E-state index contributed by atoms with van der Waals surface area (Å²) < 4.78 is 5.53. The first-order chi connectivity index (χ1) is 9.49. The highest BCUT2D eigenvalue weighted by atomic mass is 79.9. The summed E-state index contributed by atoms with van der Waals surface area (Å²) in [7, 11) is 0. The minimum atomic E-state index is -0.453. The minimum absolute atomic E-state index is 0.115. The van der Waals surface area contributed by atoms with Crippen LogP contribution in [0.1, 0.15) is 30.6 Å². The van der Waals surface area contributed by atoms with E-state index in [1.54, 1.807) is 13.0 Å². The number of phenols is 1. The lowest BCUT2D eigenvalue weighted by Crippen LogP contribution is -2.37. The van der Waals surface area contributed by atoms with Crippen LogP contribution >= 0.6 is 15.9 Å². The molecule has 0 saturated heterocycles. The van der Waals surface area contributed by atoms with E-state index in [-0.39, 0.29) is 30.4 Å². The zero-order valence-electron chi connectivity index (χ0n) is 11.6. The van der Waals surface area contributed by atoms with Crippen LogP contribution in [-0.4, -0.2) is 41.6 Å². The first-order valence-corrected chi connectivity index (χ1v) is 7.22. The number of hydrogen-bond donors (Lipinski definition) is 1. The Morgan fingerprint density at radius 1 is 1.35 bits per heavy atom. The number of esters is 1. The minimum Gasteiger partial charge on any atom is -0.507 e. The smallest absolute Gasteiger partial charge is 0.325 e. The Balaban J connectivity index is 2.90. The second kappa shape index (κ2) is 7.89. The lowest BCUT2D eigenvalue weighted by molar-refractivity contribution is -0.143. The second-order valence-electron chi connectivity index (χ2n) is 4.19. The van der Waals surface area contributed by atoms with E-state index in [0.29, 0.717) is 17.4 Å². The number of carbonyl (C=O) groups excluding carboxylic acids is 2. The van der Waals surface area contributed by atoms with Crippen LogP contribution in [0.15, 0.2) is 22.7 Å². The van der Waals surface area contributed by atoms with Crippen LogP contribution in [0.5, 0.6) is 5.75 Å². The Bertz CT molecular complexity index is 490. The predicted octanol–water partition coefficient (Wildman–Crippen LogP) is 2.57. The molecule has 20 heavy (non-hydrogen) atoms. The highest BCUT2D eigenvalue weighted by molar-refractivity contribution is 9.10. The van der Waals surface area contributed by atoms with Gasteiger partial charge in [0.2, 0.25) is 0 Å². The van der Waals surface area contributed by atoms with Gasteiger partial charge in [0.15, 0.2) is 0 Å². The molecule has 1 rings (SSSR count). The van der Waals surface area contributed by atoms with Crippen molar-refractivity contribution in [2.45, 2.75) is 20.3 Å². The summed E-state index contributed by atoms with van der Waals surface area (Å²) in [5.41, 5.74) is 0.172. The van der Waals surface area contributed by atoms with Crippen LogP contribution < -0.4 is 0 Å². The molecule has 6 heteroatoms. The Labute approximate surface area is 126 Å². The van der Waals surface area contributed by atoms with Crippen LogP contribution in [0, 0.1) is 0 Å². The molecule has 0 unspecified atom stereocenters. The molecule has 1 amide bonds. The molecule has 0 aliphatic rings. The molecule has 0 bridgehead atoms. The van der Waals surface area contributed by atoms with Gasteiger partial charge in [-0.05, 0) is 31.5 Å². The largest absolute Gasteiger partial charge is 0.507 e. The van der Waals surface area contributed by atoms with Gasteiger partial charge >= 0.3 is 5.97 Å². The molecule has 1 aromatic rings. The molecule has 0 saturated carbocycles. The Morgan fingerprint density at radius 3 is 2.60 bits per heavy atom. The van der Waals surface area contributed by atoms with Gasteiger partial charge in [0.1, 0.15) is 12.3 Å². The van der Waals surface area contributed by atoms with E-state index in [9.17, 15) is 14.7 Å². The third kappa shape index (κ3) is 4.52. The van der Waals surface area contributed by atoms with Crippen molar-refractivity contribution in [1.29, 1.82) is 0 Å². The zero-order valence-corrected chi connectivity index (χ0v) is 13.1. The fourth-order valence-corrected chi connectivity index (χ4v) is 2.09. The molecule has 0 aliphatic carbocycles. The van der Waals surface area contributed by atoms with E-state index in [1.165, 1.54) is 17.0 Å². The van der Waals surface area contributed by atoms with Crippen molar-refractivity contribution in [3.8, 4) is 5.75 Å². The van der Waals surface area contributed by atoms with Gasteiger partial charge in [-0.25, -0.2) is 0 Å². The number of amides is 1. The van der Waals surface area contributed by atoms with Gasteiger partial charge in [-0.15, -0.1) is 0 Å². The number of rotatable bonds is 6. The quantitative estimate of drug-likeness (QED) is 0.806. The van der Waals surface area contributed by atoms with E-state index in [1.807, 2.05) is 6.92 Å². The molecule has 0 spiro atoms. The molecule has 0 aliphatic heterocycles. The molecular formula is C14H18BrNO4. The molecule has 0 aromatic heterocycles. The van der Waals surface area contributed by atoms with Gasteiger partial charge in [-0.2, -0.15) is 0 Å². The lowest BCUT2D eigenvalue weighted by Gasteiger charge is -2.21. The van der Waals surface area contributed by atoms with E-state index in [4.69, 9.17) is 4.74 Å². The summed E-state index contributed by atoms with van der Waals surface area (Å²) in [4.78, 5) is 25.2. The van der Waals surface area contributed by atoms with Crippen molar-refractivity contribution in [1.82, 2.24) is 4.90 Å². The summed E-state index contributed by atoms with van der Waals surface area (Å²) in [6, 6.07) is 4.64. The number of nitrogens with zero attached hydrogens (tertiary/aromatic N) is 1. The van der Waals surface area contributed by atoms with Crippen LogP contribution in [0.2, 0.25) is 0 Å². The van der Waals surface area contributed by atoms with Crippen molar-refractivity contribution in [2.75, 3.05) is 19.7 Å². The average Bonchev–Trinajstić information content (AvgIpc) is 2.38. The molecule has 5 nitrogen and oxygen atoms in total. The summed E-state index contributed by atoms with van der Waals surface area (Å²) in [5, 5.41) is 9.82. The first kappa shape index (κ1) is 16.5. The molecule has 0 atom stereocenters. The zero-order chi connectivity index (χ0) is 15.1. The maximum absolute atomic E-state index is 12.3. The van der Waals surface area contributed by atoms with Crippen molar-refractivity contribution in [3.05, 3.63) is 28.2 Å². The predicted molar refractivity (Wildman–Crippen MR) is 78.6 cm³/mol. The van der Waals surface area contributed by atoms with Gasteiger partial charge in [0.05, 0.1) is 12.2 Å². The summed E-state index contributed by atoms with van der Waals surface area (Å²) >= 11 is 3.21. The molecular weight excluding hydrogens is 326 g/mol. The summed E-state index contributed by atoms with van der Waals surface area (Å²) in [6.45, 7) is 4.21. The third-order valence-corrected chi connectivity index (χ3v) is 3.09. The highest BCUT2D eigenvalue weighted by Crippen LogP contribution is 2.23. The van der Waals surface area contributed by atoms with E-state index < -0.39 is 5.97 Å². The number of carbonyl (C=O) groups is 2. The standard InChI is InChI=1S/C14H18BrNO4/c1-3-7-16(9-13(18)20-4-2)14(19)11-6-5-10(15)8-12(11)17/h5-6,8,17H,3-4,7,9H2,1-2H3. The number of aromatic hydroxyl groups is 1. The maximum Gasteiger partial charge on any atom is 0.325 e. The average molecular weight is 344 g/mol. The van der Waals surface area contributed by atoms with Gasteiger partial charge in [-0.1, -0.05) is 22.9 Å². The molecule has 0 fully saturated rings. The monoisotopic (exact) mass is 343 g/mol. The molecule has 1 N–H and O–H groups in total. The number of phenolic OH excluding ortho intramolecular Hbond substituents is 1. The fraction of sp³-hybridized carbons (Fsp3) is 0.429. The Morgan fingerprint density at radius 2 is 2.05 bits per heavy atom. The van der Waals surface area contributed by atoms with Crippen molar-refractivity contribution < 1.29 is 19.4 Å². The van der Waals surface area contributed by atoms with Crippen molar-refractivity contribution in [2.24, 2.45) is 0 Å². The van der Waals surface area contributed by atoms with E-state index >= 15 is 0 Å². The van der Waals surface area contributed by atoms with Gasteiger partial charge < -0.3 is 14.7 Å². The second-order valence-corrected chi connectivity index (χ2v) is 5.11. The molecule has 110 valence electrons. The third-order valence-electron chi connectivity index (χ3n) is 2.60. The first-order valence-electron chi connectivity index (χ1n) is 6.43. The molecule has 0 radical (unpaired) electrons. The van der Waals surface area contributed by atoms with Crippen LogP contribution in [0.3, 0.4) is 0 Å². The van der Waals surface area contributed by atoms with Gasteiger partial charge in [0.25, 0.3) is 5.91 Å².